The third-order valence-electron chi connectivity index (χ3n) is 4.16. The van der Waals surface area contributed by atoms with Crippen LogP contribution in [-0.4, -0.2) is 14.8 Å². The van der Waals surface area contributed by atoms with Gasteiger partial charge >= 0.3 is 0 Å². The van der Waals surface area contributed by atoms with Crippen molar-refractivity contribution in [1.82, 2.24) is 14.8 Å². The lowest BCUT2D eigenvalue weighted by atomic mass is 9.87. The molecule has 1 heterocycles. The van der Waals surface area contributed by atoms with Crippen molar-refractivity contribution in [3.63, 3.8) is 0 Å². The van der Waals surface area contributed by atoms with Crippen molar-refractivity contribution >= 4 is 27.7 Å². The first-order valence-corrected chi connectivity index (χ1v) is 10.0. The van der Waals surface area contributed by atoms with Gasteiger partial charge in [0.05, 0.1) is 0 Å². The highest BCUT2D eigenvalue weighted by Crippen LogP contribution is 2.29. The Labute approximate surface area is 162 Å². The first kappa shape index (κ1) is 18.2. The lowest BCUT2D eigenvalue weighted by Crippen LogP contribution is -2.10. The van der Waals surface area contributed by atoms with Crippen molar-refractivity contribution < 1.29 is 0 Å². The summed E-state index contributed by atoms with van der Waals surface area (Å²) in [5, 5.41) is 9.68. The zero-order valence-electron chi connectivity index (χ0n) is 15.0. The molecule has 3 aromatic rings. The second kappa shape index (κ2) is 7.34. The van der Waals surface area contributed by atoms with Gasteiger partial charge in [-0.05, 0) is 22.6 Å². The summed E-state index contributed by atoms with van der Waals surface area (Å²) in [4.78, 5) is 0. The quantitative estimate of drug-likeness (QED) is 0.501. The summed E-state index contributed by atoms with van der Waals surface area (Å²) in [5.74, 6) is 1.76. The van der Waals surface area contributed by atoms with Crippen molar-refractivity contribution in [3.05, 3.63) is 64.1 Å². The second-order valence-electron chi connectivity index (χ2n) is 7.07. The Morgan fingerprint density at radius 1 is 1.00 bits per heavy atom. The molecule has 0 aliphatic carbocycles. The molecule has 0 bridgehead atoms. The average molecular weight is 416 g/mol. The van der Waals surface area contributed by atoms with E-state index >= 15 is 0 Å². The number of rotatable bonds is 4. The van der Waals surface area contributed by atoms with Crippen LogP contribution >= 0.6 is 27.7 Å². The van der Waals surface area contributed by atoms with E-state index in [9.17, 15) is 0 Å². The van der Waals surface area contributed by atoms with Crippen LogP contribution in [0.1, 0.15) is 31.9 Å². The maximum atomic E-state index is 4.39. The molecule has 0 aliphatic heterocycles. The maximum absolute atomic E-state index is 4.39. The number of aromatic nitrogens is 3. The highest BCUT2D eigenvalue weighted by Gasteiger charge is 2.15. The molecule has 25 heavy (non-hydrogen) atoms. The van der Waals surface area contributed by atoms with Crippen LogP contribution in [0, 0.1) is 0 Å². The lowest BCUT2D eigenvalue weighted by Gasteiger charge is -2.19. The van der Waals surface area contributed by atoms with Crippen molar-refractivity contribution in [2.24, 2.45) is 7.05 Å². The van der Waals surface area contributed by atoms with Gasteiger partial charge in [0.15, 0.2) is 11.0 Å². The Balaban J connectivity index is 1.78. The van der Waals surface area contributed by atoms with Crippen LogP contribution in [0.25, 0.3) is 11.4 Å². The summed E-state index contributed by atoms with van der Waals surface area (Å²) in [6.45, 7) is 6.67. The van der Waals surface area contributed by atoms with Gasteiger partial charge in [-0.3, -0.25) is 0 Å². The monoisotopic (exact) mass is 415 g/mol. The molecule has 0 fully saturated rings. The molecule has 0 radical (unpaired) electrons. The standard InChI is InChI=1S/C20H22BrN3S/c1-20(2,3)16-11-9-14(10-12-16)18-22-23-19(24(18)4)25-13-15-7-5-6-8-17(15)21/h5-12H,13H2,1-4H3. The highest BCUT2D eigenvalue weighted by molar-refractivity contribution is 9.10. The molecule has 0 aliphatic rings. The van der Waals surface area contributed by atoms with E-state index in [1.807, 2.05) is 13.1 Å². The van der Waals surface area contributed by atoms with E-state index in [0.717, 1.165) is 26.8 Å². The van der Waals surface area contributed by atoms with Gasteiger partial charge in [0.25, 0.3) is 0 Å². The number of thioether (sulfide) groups is 1. The molecule has 5 heteroatoms. The minimum atomic E-state index is 0.155. The zero-order chi connectivity index (χ0) is 18.0. The van der Waals surface area contributed by atoms with Crippen molar-refractivity contribution in [1.29, 1.82) is 0 Å². The maximum Gasteiger partial charge on any atom is 0.191 e. The molecule has 0 amide bonds. The number of nitrogens with zero attached hydrogens (tertiary/aromatic N) is 3. The number of hydrogen-bond donors (Lipinski definition) is 0. The minimum absolute atomic E-state index is 0.155. The number of hydrogen-bond acceptors (Lipinski definition) is 3. The van der Waals surface area contributed by atoms with Crippen LogP contribution < -0.4 is 0 Å². The molecule has 0 N–H and O–H groups in total. The molecular formula is C20H22BrN3S. The molecule has 1 aromatic heterocycles. The number of benzene rings is 2. The van der Waals surface area contributed by atoms with Crippen molar-refractivity contribution in [2.75, 3.05) is 0 Å². The van der Waals surface area contributed by atoms with Gasteiger partial charge in [-0.1, -0.05) is 90.9 Å². The Kier molecular flexibility index (Phi) is 5.35. The molecule has 2 aromatic carbocycles. The van der Waals surface area contributed by atoms with Crippen LogP contribution in [0.15, 0.2) is 58.2 Å². The highest BCUT2D eigenvalue weighted by atomic mass is 79.9. The van der Waals surface area contributed by atoms with Gasteiger partial charge in [0, 0.05) is 22.8 Å². The molecule has 0 saturated carbocycles. The van der Waals surface area contributed by atoms with Gasteiger partial charge in [-0.2, -0.15) is 0 Å². The summed E-state index contributed by atoms with van der Waals surface area (Å²) in [5.41, 5.74) is 3.83. The van der Waals surface area contributed by atoms with Gasteiger partial charge < -0.3 is 4.57 Å². The zero-order valence-corrected chi connectivity index (χ0v) is 17.4. The first-order valence-electron chi connectivity index (χ1n) is 8.23. The molecule has 3 rings (SSSR count). The molecule has 0 unspecified atom stereocenters. The van der Waals surface area contributed by atoms with E-state index in [4.69, 9.17) is 0 Å². The smallest absolute Gasteiger partial charge is 0.191 e. The normalized spacial score (nSPS) is 11.7. The molecule has 0 spiro atoms. The molecule has 0 saturated heterocycles. The average Bonchev–Trinajstić information content (AvgIpc) is 2.94. The van der Waals surface area contributed by atoms with E-state index in [1.54, 1.807) is 11.8 Å². The fourth-order valence-corrected chi connectivity index (χ4v) is 4.09. The summed E-state index contributed by atoms with van der Waals surface area (Å²) in [7, 11) is 2.02. The predicted octanol–water partition coefficient (Wildman–Crippen LogP) is 5.83. The largest absolute Gasteiger partial charge is 0.305 e. The molecule has 130 valence electrons. The first-order chi connectivity index (χ1) is 11.9. The van der Waals surface area contributed by atoms with Crippen LogP contribution in [-0.2, 0) is 18.2 Å². The molecule has 0 atom stereocenters. The van der Waals surface area contributed by atoms with Gasteiger partial charge in [-0.15, -0.1) is 10.2 Å². The van der Waals surface area contributed by atoms with Crippen molar-refractivity contribution in [3.8, 4) is 11.4 Å². The Morgan fingerprint density at radius 3 is 2.32 bits per heavy atom. The Hall–Kier alpha value is -1.59. The van der Waals surface area contributed by atoms with E-state index in [1.165, 1.54) is 11.1 Å². The molecular weight excluding hydrogens is 394 g/mol. The van der Waals surface area contributed by atoms with Crippen LogP contribution in [0.5, 0.6) is 0 Å². The summed E-state index contributed by atoms with van der Waals surface area (Å²) in [6, 6.07) is 16.9. The molecule has 3 nitrogen and oxygen atoms in total. The fourth-order valence-electron chi connectivity index (χ4n) is 2.57. The summed E-state index contributed by atoms with van der Waals surface area (Å²) in [6.07, 6.45) is 0. The van der Waals surface area contributed by atoms with E-state index in [2.05, 4.69) is 93.9 Å². The lowest BCUT2D eigenvalue weighted by molar-refractivity contribution is 0.590. The minimum Gasteiger partial charge on any atom is -0.305 e. The fraction of sp³-hybridized carbons (Fsp3) is 0.300. The topological polar surface area (TPSA) is 30.7 Å². The van der Waals surface area contributed by atoms with Crippen LogP contribution in [0.2, 0.25) is 0 Å². The third-order valence-corrected chi connectivity index (χ3v) is 6.00. The SMILES string of the molecule is Cn1c(SCc2ccccc2Br)nnc1-c1ccc(C(C)(C)C)cc1. The van der Waals surface area contributed by atoms with Crippen LogP contribution in [0.3, 0.4) is 0 Å². The van der Waals surface area contributed by atoms with E-state index < -0.39 is 0 Å². The van der Waals surface area contributed by atoms with Gasteiger partial charge in [-0.25, -0.2) is 0 Å². The van der Waals surface area contributed by atoms with E-state index in [0.29, 0.717) is 0 Å². The second-order valence-corrected chi connectivity index (χ2v) is 8.87. The van der Waals surface area contributed by atoms with Crippen molar-refractivity contribution in [2.45, 2.75) is 37.1 Å². The Bertz CT molecular complexity index is 863. The predicted molar refractivity (Wildman–Crippen MR) is 109 cm³/mol. The third kappa shape index (κ3) is 4.15. The Morgan fingerprint density at radius 2 is 1.68 bits per heavy atom. The summed E-state index contributed by atoms with van der Waals surface area (Å²) < 4.78 is 3.19. The van der Waals surface area contributed by atoms with Crippen LogP contribution in [0.4, 0.5) is 0 Å². The van der Waals surface area contributed by atoms with E-state index in [-0.39, 0.29) is 5.41 Å². The number of halogens is 1. The summed E-state index contributed by atoms with van der Waals surface area (Å²) >= 11 is 5.29. The van der Waals surface area contributed by atoms with Gasteiger partial charge in [0.2, 0.25) is 0 Å². The van der Waals surface area contributed by atoms with Gasteiger partial charge in [0.1, 0.15) is 0 Å².